The Kier molecular flexibility index (Phi) is 21.8. The van der Waals surface area contributed by atoms with Crippen molar-refractivity contribution in [3.8, 4) is 0 Å². The molecule has 204 valence electrons. The van der Waals surface area contributed by atoms with Crippen molar-refractivity contribution in [3.05, 3.63) is 12.2 Å². The molecule has 0 aliphatic rings. The third kappa shape index (κ3) is 26.3. The van der Waals surface area contributed by atoms with Crippen LogP contribution in [0.2, 0.25) is 0 Å². The van der Waals surface area contributed by atoms with Crippen molar-refractivity contribution in [1.29, 1.82) is 0 Å². The summed E-state index contributed by atoms with van der Waals surface area (Å²) >= 11 is 0. The minimum absolute atomic E-state index is 0.0462. The molecule has 0 amide bonds. The predicted molar refractivity (Wildman–Crippen MR) is 139 cm³/mol. The maximum absolute atomic E-state index is 11.7. The van der Waals surface area contributed by atoms with Crippen molar-refractivity contribution in [2.24, 2.45) is 0 Å². The first-order valence-electron chi connectivity index (χ1n) is 13.5. The highest BCUT2D eigenvalue weighted by Crippen LogP contribution is 2.38. The van der Waals surface area contributed by atoms with Gasteiger partial charge in [-0.3, -0.25) is 4.57 Å². The number of ether oxygens (including phenoxy) is 1. The van der Waals surface area contributed by atoms with Crippen LogP contribution in [0.3, 0.4) is 0 Å². The van der Waals surface area contributed by atoms with E-state index in [1.807, 2.05) is 21.1 Å². The van der Waals surface area contributed by atoms with Gasteiger partial charge in [0.15, 0.2) is 0 Å². The van der Waals surface area contributed by atoms with Crippen molar-refractivity contribution in [2.75, 3.05) is 54.1 Å². The molecule has 0 aromatic carbocycles. The van der Waals surface area contributed by atoms with Crippen LogP contribution in [0.1, 0.15) is 96.8 Å². The van der Waals surface area contributed by atoms with Crippen molar-refractivity contribution in [1.82, 2.24) is 0 Å². The van der Waals surface area contributed by atoms with E-state index in [2.05, 4.69) is 19.1 Å². The second-order valence-corrected chi connectivity index (χ2v) is 11.7. The average molecular weight is 508 g/mol. The summed E-state index contributed by atoms with van der Waals surface area (Å²) in [4.78, 5) is 11.7. The molecule has 1 N–H and O–H groups in total. The number of phosphoric acid groups is 1. The summed E-state index contributed by atoms with van der Waals surface area (Å²) in [5.41, 5.74) is 0. The van der Waals surface area contributed by atoms with E-state index in [4.69, 9.17) is 13.8 Å². The first kappa shape index (κ1) is 33.7. The zero-order valence-corrected chi connectivity index (χ0v) is 23.4. The maximum atomic E-state index is 11.7. The van der Waals surface area contributed by atoms with E-state index in [9.17, 15) is 14.6 Å². The van der Waals surface area contributed by atoms with Gasteiger partial charge in [0.1, 0.15) is 19.3 Å². The van der Waals surface area contributed by atoms with Gasteiger partial charge in [-0.15, -0.1) is 0 Å². The lowest BCUT2D eigenvalue weighted by Crippen LogP contribution is -2.37. The summed E-state index contributed by atoms with van der Waals surface area (Å²) in [5.74, 6) is 0. The highest BCUT2D eigenvalue weighted by atomic mass is 31.2. The first-order valence-corrected chi connectivity index (χ1v) is 14.9. The Hall–Kier alpha value is -0.270. The highest BCUT2D eigenvalue weighted by molar-refractivity contribution is 7.45. The molecular weight excluding hydrogens is 453 g/mol. The summed E-state index contributed by atoms with van der Waals surface area (Å²) in [5, 5.41) is 9.82. The number of likely N-dealkylation sites (N-methyl/N-ethyl adjacent to an activating group) is 1. The topological polar surface area (TPSA) is 88.0 Å². The molecule has 0 aliphatic carbocycles. The fraction of sp³-hybridized carbons (Fsp3) is 0.923. The third-order valence-corrected chi connectivity index (χ3v) is 6.51. The maximum Gasteiger partial charge on any atom is 0.268 e. The molecule has 0 aromatic rings. The molecule has 0 aromatic heterocycles. The average Bonchev–Trinajstić information content (AvgIpc) is 2.76. The van der Waals surface area contributed by atoms with Crippen molar-refractivity contribution in [3.63, 3.8) is 0 Å². The van der Waals surface area contributed by atoms with Gasteiger partial charge in [0.2, 0.25) is 0 Å². The van der Waals surface area contributed by atoms with Gasteiger partial charge in [-0.25, -0.2) is 0 Å². The largest absolute Gasteiger partial charge is 0.756 e. The number of rotatable bonds is 25. The Bertz CT molecular complexity index is 524. The van der Waals surface area contributed by atoms with Gasteiger partial charge in [0.25, 0.3) is 7.82 Å². The van der Waals surface area contributed by atoms with Crippen molar-refractivity contribution < 1.29 is 32.8 Å². The molecule has 0 radical (unpaired) electrons. The molecule has 2 atom stereocenters. The molecule has 0 saturated heterocycles. The summed E-state index contributed by atoms with van der Waals surface area (Å²) < 4.78 is 27.2. The molecule has 7 nitrogen and oxygen atoms in total. The smallest absolute Gasteiger partial charge is 0.268 e. The van der Waals surface area contributed by atoms with Crippen molar-refractivity contribution in [2.45, 2.75) is 103 Å². The van der Waals surface area contributed by atoms with Gasteiger partial charge in [-0.1, -0.05) is 76.9 Å². The SMILES string of the molecule is CCCCCCCCCCCC/C=C\CCCCOC[C@@H](O)COP(=O)([O-])OCC[N+](C)(C)C. The quantitative estimate of drug-likeness (QED) is 0.0748. The molecule has 8 heteroatoms. The number of phosphoric ester groups is 1. The Morgan fingerprint density at radius 3 is 1.88 bits per heavy atom. The minimum Gasteiger partial charge on any atom is -0.756 e. The van der Waals surface area contributed by atoms with E-state index in [-0.39, 0.29) is 19.8 Å². The monoisotopic (exact) mass is 507 g/mol. The standard InChI is InChI=1S/C26H54NO6P/c1-5-6-7-8-9-10-11-12-13-14-15-16-17-18-19-20-22-31-24-26(28)25-33-34(29,30)32-23-21-27(2,3)4/h16-17,26,28H,5-15,18-25H2,1-4H3/b17-16-/t26-/m1/s1. The molecular formula is C26H54NO6P. The Morgan fingerprint density at radius 1 is 0.794 bits per heavy atom. The number of unbranched alkanes of at least 4 members (excludes halogenated alkanes) is 12. The van der Waals surface area contributed by atoms with Crippen LogP contribution >= 0.6 is 7.82 Å². The highest BCUT2D eigenvalue weighted by Gasteiger charge is 2.15. The van der Waals surface area contributed by atoms with E-state index in [0.29, 0.717) is 17.6 Å². The lowest BCUT2D eigenvalue weighted by Gasteiger charge is -2.27. The van der Waals surface area contributed by atoms with E-state index >= 15 is 0 Å². The lowest BCUT2D eigenvalue weighted by atomic mass is 10.1. The van der Waals surface area contributed by atoms with Crippen molar-refractivity contribution >= 4 is 7.82 Å². The Labute approximate surface area is 210 Å². The van der Waals surface area contributed by atoms with Gasteiger partial charge in [-0.2, -0.15) is 0 Å². The lowest BCUT2D eigenvalue weighted by molar-refractivity contribution is -0.870. The van der Waals surface area contributed by atoms with E-state index in [1.165, 1.54) is 70.6 Å². The van der Waals surface area contributed by atoms with Crippen LogP contribution in [0.5, 0.6) is 0 Å². The number of quaternary nitrogens is 1. The van der Waals surface area contributed by atoms with Gasteiger partial charge in [0.05, 0.1) is 34.4 Å². The Morgan fingerprint density at radius 2 is 1.32 bits per heavy atom. The number of aliphatic hydroxyl groups excluding tert-OH is 1. The molecule has 0 heterocycles. The molecule has 0 aliphatic heterocycles. The van der Waals surface area contributed by atoms with E-state index < -0.39 is 13.9 Å². The summed E-state index contributed by atoms with van der Waals surface area (Å²) in [7, 11) is 1.43. The molecule has 0 fully saturated rings. The summed E-state index contributed by atoms with van der Waals surface area (Å²) in [6.07, 6.45) is 21.4. The predicted octanol–water partition coefficient (Wildman–Crippen LogP) is 5.61. The number of hydrogen-bond donors (Lipinski definition) is 1. The molecule has 0 saturated carbocycles. The summed E-state index contributed by atoms with van der Waals surface area (Å²) in [6.45, 7) is 3.08. The first-order chi connectivity index (χ1) is 16.2. The van der Waals surface area contributed by atoms with Gasteiger partial charge in [0, 0.05) is 6.61 Å². The van der Waals surface area contributed by atoms with E-state index in [1.54, 1.807) is 0 Å². The summed E-state index contributed by atoms with van der Waals surface area (Å²) in [6, 6.07) is 0. The second-order valence-electron chi connectivity index (χ2n) is 10.3. The van der Waals surface area contributed by atoms with Crippen LogP contribution in [0.15, 0.2) is 12.2 Å². The van der Waals surface area contributed by atoms with E-state index in [0.717, 1.165) is 19.3 Å². The number of allylic oxidation sites excluding steroid dienone is 2. The normalized spacial score (nSPS) is 15.1. The Balaban J connectivity index is 3.45. The van der Waals surface area contributed by atoms with Crippen LogP contribution < -0.4 is 4.89 Å². The van der Waals surface area contributed by atoms with Crippen LogP contribution in [-0.4, -0.2) is 69.8 Å². The van der Waals surface area contributed by atoms with Crippen LogP contribution in [0, 0.1) is 0 Å². The van der Waals surface area contributed by atoms with Crippen LogP contribution in [-0.2, 0) is 18.3 Å². The van der Waals surface area contributed by atoms with Crippen LogP contribution in [0.4, 0.5) is 0 Å². The number of hydrogen-bond acceptors (Lipinski definition) is 6. The van der Waals surface area contributed by atoms with Gasteiger partial charge < -0.3 is 28.3 Å². The second kappa shape index (κ2) is 22.0. The van der Waals surface area contributed by atoms with Gasteiger partial charge >= 0.3 is 0 Å². The van der Waals surface area contributed by atoms with Crippen LogP contribution in [0.25, 0.3) is 0 Å². The number of nitrogens with zero attached hydrogens (tertiary/aromatic N) is 1. The molecule has 1 unspecified atom stereocenters. The third-order valence-electron chi connectivity index (χ3n) is 5.55. The molecule has 0 rings (SSSR count). The zero-order valence-electron chi connectivity index (χ0n) is 22.5. The fourth-order valence-electron chi connectivity index (χ4n) is 3.36. The number of aliphatic hydroxyl groups is 1. The minimum atomic E-state index is -4.39. The van der Waals surface area contributed by atoms with Gasteiger partial charge in [-0.05, 0) is 32.1 Å². The molecule has 34 heavy (non-hydrogen) atoms. The fourth-order valence-corrected chi connectivity index (χ4v) is 4.09. The molecule has 0 bridgehead atoms. The zero-order chi connectivity index (χ0) is 25.5. The molecule has 0 spiro atoms.